The molecule has 1 aromatic carbocycles. The van der Waals surface area contributed by atoms with Crippen molar-refractivity contribution in [3.8, 4) is 0 Å². The second-order valence-corrected chi connectivity index (χ2v) is 4.20. The molecule has 0 aliphatic heterocycles. The molecule has 2 nitrogen and oxygen atoms in total. The fourth-order valence-electron chi connectivity index (χ4n) is 1.75. The van der Waals surface area contributed by atoms with Crippen molar-refractivity contribution in [1.82, 2.24) is 0 Å². The number of isocyanates is 1. The third-order valence-corrected chi connectivity index (χ3v) is 2.89. The number of halogens is 2. The monoisotopic (exact) mass is 223 g/mol. The number of aliphatic imine (C=N–C) groups is 1. The number of rotatable bonds is 3. The minimum Gasteiger partial charge on any atom is -0.211 e. The maximum Gasteiger partial charge on any atom is 0.270 e. The molecule has 1 aromatic rings. The molecule has 2 rings (SSSR count). The first kappa shape index (κ1) is 11.0. The zero-order chi connectivity index (χ0) is 11.8. The highest BCUT2D eigenvalue weighted by Crippen LogP contribution is 2.49. The fraction of sp³-hybridized carbons (Fsp3) is 0.417. The van der Waals surface area contributed by atoms with Crippen molar-refractivity contribution in [2.75, 3.05) is 0 Å². The summed E-state index contributed by atoms with van der Waals surface area (Å²) in [6.07, 6.45) is 2.96. The van der Waals surface area contributed by atoms with Crippen molar-refractivity contribution in [1.29, 1.82) is 0 Å². The van der Waals surface area contributed by atoms with Gasteiger partial charge in [0.2, 0.25) is 6.08 Å². The van der Waals surface area contributed by atoms with Crippen LogP contribution in [0.1, 0.15) is 30.9 Å². The topological polar surface area (TPSA) is 29.4 Å². The average Bonchev–Trinajstić information content (AvgIpc) is 2.99. The third-order valence-electron chi connectivity index (χ3n) is 2.89. The summed E-state index contributed by atoms with van der Waals surface area (Å²) in [5.74, 6) is -2.86. The summed E-state index contributed by atoms with van der Waals surface area (Å²) in [7, 11) is 0. The van der Waals surface area contributed by atoms with Gasteiger partial charge < -0.3 is 0 Å². The van der Waals surface area contributed by atoms with Crippen molar-refractivity contribution in [2.24, 2.45) is 4.99 Å². The fourth-order valence-corrected chi connectivity index (χ4v) is 1.75. The van der Waals surface area contributed by atoms with Crippen LogP contribution in [-0.4, -0.2) is 6.08 Å². The molecule has 0 aromatic heterocycles. The largest absolute Gasteiger partial charge is 0.270 e. The van der Waals surface area contributed by atoms with E-state index in [1.165, 1.54) is 18.2 Å². The van der Waals surface area contributed by atoms with E-state index < -0.39 is 11.5 Å². The van der Waals surface area contributed by atoms with Crippen LogP contribution in [0, 0.1) is 0 Å². The van der Waals surface area contributed by atoms with E-state index in [9.17, 15) is 13.6 Å². The van der Waals surface area contributed by atoms with E-state index in [-0.39, 0.29) is 5.56 Å². The number of nitrogens with zero attached hydrogens (tertiary/aromatic N) is 1. The molecule has 1 aliphatic carbocycles. The molecule has 0 saturated heterocycles. The Morgan fingerprint density at radius 1 is 1.44 bits per heavy atom. The van der Waals surface area contributed by atoms with Gasteiger partial charge in [-0.15, -0.1) is 0 Å². The lowest BCUT2D eigenvalue weighted by atomic mass is 10.00. The first-order valence-corrected chi connectivity index (χ1v) is 5.06. The second kappa shape index (κ2) is 3.49. The van der Waals surface area contributed by atoms with Crippen LogP contribution in [0.25, 0.3) is 0 Å². The predicted molar refractivity (Wildman–Crippen MR) is 55.0 cm³/mol. The maximum atomic E-state index is 13.1. The molecule has 0 N–H and O–H groups in total. The summed E-state index contributed by atoms with van der Waals surface area (Å²) >= 11 is 0. The molecule has 1 saturated carbocycles. The molecular formula is C12H11F2NO. The quantitative estimate of drug-likeness (QED) is 0.571. The van der Waals surface area contributed by atoms with Crippen molar-refractivity contribution in [2.45, 2.75) is 31.2 Å². The molecule has 84 valence electrons. The van der Waals surface area contributed by atoms with E-state index in [1.807, 2.05) is 0 Å². The van der Waals surface area contributed by atoms with Gasteiger partial charge in [0, 0.05) is 12.5 Å². The first-order chi connectivity index (χ1) is 7.48. The van der Waals surface area contributed by atoms with Gasteiger partial charge >= 0.3 is 0 Å². The van der Waals surface area contributed by atoms with Crippen molar-refractivity contribution in [3.05, 3.63) is 35.4 Å². The van der Waals surface area contributed by atoms with Crippen LogP contribution < -0.4 is 0 Å². The Morgan fingerprint density at radius 2 is 2.12 bits per heavy atom. The zero-order valence-corrected chi connectivity index (χ0v) is 8.84. The van der Waals surface area contributed by atoms with E-state index in [0.717, 1.165) is 19.8 Å². The van der Waals surface area contributed by atoms with E-state index in [4.69, 9.17) is 0 Å². The molecule has 0 bridgehead atoms. The van der Waals surface area contributed by atoms with Crippen LogP contribution in [0.2, 0.25) is 0 Å². The van der Waals surface area contributed by atoms with Crippen LogP contribution in [0.15, 0.2) is 29.3 Å². The Labute approximate surface area is 92.0 Å². The molecule has 16 heavy (non-hydrogen) atoms. The molecule has 0 atom stereocenters. The summed E-state index contributed by atoms with van der Waals surface area (Å²) < 4.78 is 26.2. The summed E-state index contributed by atoms with van der Waals surface area (Å²) in [6, 6.07) is 6.10. The highest BCUT2D eigenvalue weighted by atomic mass is 19.3. The molecule has 0 spiro atoms. The van der Waals surface area contributed by atoms with Gasteiger partial charge in [0.05, 0.1) is 5.54 Å². The molecule has 0 heterocycles. The van der Waals surface area contributed by atoms with Gasteiger partial charge in [-0.1, -0.05) is 18.2 Å². The third kappa shape index (κ3) is 1.89. The maximum absolute atomic E-state index is 13.1. The number of hydrogen-bond acceptors (Lipinski definition) is 2. The van der Waals surface area contributed by atoms with Gasteiger partial charge in [-0.05, 0) is 24.5 Å². The van der Waals surface area contributed by atoms with Gasteiger partial charge in [0.1, 0.15) is 0 Å². The van der Waals surface area contributed by atoms with Crippen LogP contribution in [0.4, 0.5) is 8.78 Å². The highest BCUT2D eigenvalue weighted by Gasteiger charge is 2.45. The number of alkyl halides is 2. The minimum atomic E-state index is -2.86. The van der Waals surface area contributed by atoms with Gasteiger partial charge in [-0.2, -0.15) is 4.99 Å². The lowest BCUT2D eigenvalue weighted by Gasteiger charge is -2.14. The lowest BCUT2D eigenvalue weighted by Crippen LogP contribution is -2.10. The van der Waals surface area contributed by atoms with E-state index in [2.05, 4.69) is 4.99 Å². The summed E-state index contributed by atoms with van der Waals surface area (Å²) in [6.45, 7) is 0.856. The Balaban J connectivity index is 2.41. The van der Waals surface area contributed by atoms with Crippen LogP contribution in [0.3, 0.4) is 0 Å². The standard InChI is InChI=1S/C12H11F2NO/c1-11(13,14)9-3-2-4-10(7-9)12(5-6-12)15-8-16/h2-4,7H,5-6H2,1H3. The number of carbonyl (C=O) groups excluding carboxylic acids is 1. The molecule has 0 unspecified atom stereocenters. The second-order valence-electron chi connectivity index (χ2n) is 4.20. The van der Waals surface area contributed by atoms with Gasteiger partial charge in [0.25, 0.3) is 5.92 Å². The Morgan fingerprint density at radius 3 is 2.62 bits per heavy atom. The van der Waals surface area contributed by atoms with E-state index >= 15 is 0 Å². The van der Waals surface area contributed by atoms with Crippen LogP contribution in [-0.2, 0) is 16.3 Å². The molecule has 1 fully saturated rings. The Kier molecular flexibility index (Phi) is 2.39. The smallest absolute Gasteiger partial charge is 0.211 e. The normalized spacial score (nSPS) is 17.7. The van der Waals surface area contributed by atoms with Crippen LogP contribution >= 0.6 is 0 Å². The molecule has 4 heteroatoms. The molecule has 0 amide bonds. The van der Waals surface area contributed by atoms with Crippen LogP contribution in [0.5, 0.6) is 0 Å². The van der Waals surface area contributed by atoms with Gasteiger partial charge in [-0.25, -0.2) is 13.6 Å². The molecule has 0 radical (unpaired) electrons. The van der Waals surface area contributed by atoms with Crippen molar-refractivity contribution >= 4 is 6.08 Å². The first-order valence-electron chi connectivity index (χ1n) is 5.06. The summed E-state index contributed by atoms with van der Waals surface area (Å²) in [5, 5.41) is 0. The summed E-state index contributed by atoms with van der Waals surface area (Å²) in [4.78, 5) is 14.0. The summed E-state index contributed by atoms with van der Waals surface area (Å²) in [5.41, 5.74) is 0.0514. The zero-order valence-electron chi connectivity index (χ0n) is 8.84. The van der Waals surface area contributed by atoms with Crippen molar-refractivity contribution in [3.63, 3.8) is 0 Å². The molecular weight excluding hydrogens is 212 g/mol. The highest BCUT2D eigenvalue weighted by molar-refractivity contribution is 5.42. The predicted octanol–water partition coefficient (Wildman–Crippen LogP) is 3.12. The lowest BCUT2D eigenvalue weighted by molar-refractivity contribution is 0.0173. The average molecular weight is 223 g/mol. The van der Waals surface area contributed by atoms with Gasteiger partial charge in [-0.3, -0.25) is 0 Å². The minimum absolute atomic E-state index is 0.0441. The van der Waals surface area contributed by atoms with E-state index in [1.54, 1.807) is 12.1 Å². The van der Waals surface area contributed by atoms with Crippen molar-refractivity contribution < 1.29 is 13.6 Å². The SMILES string of the molecule is CC(F)(F)c1cccc(C2(N=C=O)CC2)c1. The Hall–Kier alpha value is -1.54. The molecule has 1 aliphatic rings. The number of hydrogen-bond donors (Lipinski definition) is 0. The van der Waals surface area contributed by atoms with E-state index in [0.29, 0.717) is 5.56 Å². The Bertz CT molecular complexity index is 454. The number of benzene rings is 1. The van der Waals surface area contributed by atoms with Gasteiger partial charge in [0.15, 0.2) is 0 Å².